The predicted molar refractivity (Wildman–Crippen MR) is 72.8 cm³/mol. The second-order valence-corrected chi connectivity index (χ2v) is 6.24. The summed E-state index contributed by atoms with van der Waals surface area (Å²) in [6.45, 7) is 2.04. The fourth-order valence-electron chi connectivity index (χ4n) is 3.69. The quantitative estimate of drug-likeness (QED) is 0.823. The van der Waals surface area contributed by atoms with Gasteiger partial charge in [-0.05, 0) is 32.1 Å². The minimum absolute atomic E-state index is 0.0169. The molecule has 0 aromatic rings. The number of nitrogens with one attached hydrogen (secondary N) is 1. The van der Waals surface area contributed by atoms with Gasteiger partial charge in [0, 0.05) is 5.41 Å². The minimum atomic E-state index is -1.000. The van der Waals surface area contributed by atoms with Gasteiger partial charge in [-0.3, -0.25) is 4.79 Å². The summed E-state index contributed by atoms with van der Waals surface area (Å²) < 4.78 is 0. The van der Waals surface area contributed by atoms with Crippen LogP contribution in [0.4, 0.5) is 0 Å². The maximum absolute atomic E-state index is 12.6. The Kier molecular flexibility index (Phi) is 4.16. The number of hydrogen-bond acceptors (Lipinski definition) is 2. The van der Waals surface area contributed by atoms with Crippen LogP contribution in [0.3, 0.4) is 0 Å². The minimum Gasteiger partial charge on any atom is -0.480 e. The molecule has 0 radical (unpaired) electrons. The fraction of sp³-hybridized carbons (Fsp3) is 0.867. The molecule has 0 heterocycles. The molecule has 2 saturated carbocycles. The Morgan fingerprint density at radius 1 is 1.00 bits per heavy atom. The molecule has 2 aliphatic carbocycles. The summed E-state index contributed by atoms with van der Waals surface area (Å²) in [5.74, 6) is -0.874. The van der Waals surface area contributed by atoms with E-state index in [2.05, 4.69) is 5.32 Å². The fourth-order valence-corrected chi connectivity index (χ4v) is 3.69. The molecule has 2 aliphatic rings. The van der Waals surface area contributed by atoms with Crippen LogP contribution in [-0.4, -0.2) is 22.5 Å². The third-order valence-electron chi connectivity index (χ3n) is 5.19. The van der Waals surface area contributed by atoms with E-state index < -0.39 is 11.5 Å². The molecular weight excluding hydrogens is 242 g/mol. The van der Waals surface area contributed by atoms with Gasteiger partial charge in [0.1, 0.15) is 5.54 Å². The zero-order chi connectivity index (χ0) is 13.9. The zero-order valence-electron chi connectivity index (χ0n) is 11.8. The Bertz CT molecular complexity index is 352. The molecule has 4 nitrogen and oxygen atoms in total. The average molecular weight is 267 g/mol. The largest absolute Gasteiger partial charge is 0.480 e. The van der Waals surface area contributed by atoms with E-state index in [0.717, 1.165) is 51.4 Å². The van der Waals surface area contributed by atoms with E-state index in [1.54, 1.807) is 0 Å². The van der Waals surface area contributed by atoms with Crippen molar-refractivity contribution in [1.29, 1.82) is 0 Å². The van der Waals surface area contributed by atoms with Crippen LogP contribution in [0.25, 0.3) is 0 Å². The molecule has 1 amide bonds. The number of hydrogen-bond donors (Lipinski definition) is 2. The average Bonchev–Trinajstić information content (AvgIpc) is 2.89. The summed E-state index contributed by atoms with van der Waals surface area (Å²) in [6.07, 6.45) is 8.82. The topological polar surface area (TPSA) is 66.4 Å². The van der Waals surface area contributed by atoms with Gasteiger partial charge in [-0.1, -0.05) is 39.0 Å². The summed E-state index contributed by atoms with van der Waals surface area (Å²) in [6, 6.07) is 0. The van der Waals surface area contributed by atoms with Crippen LogP contribution in [0, 0.1) is 5.41 Å². The van der Waals surface area contributed by atoms with E-state index in [1.807, 2.05) is 6.92 Å². The van der Waals surface area contributed by atoms with Crippen molar-refractivity contribution in [3.63, 3.8) is 0 Å². The first-order valence-electron chi connectivity index (χ1n) is 7.61. The van der Waals surface area contributed by atoms with Crippen molar-refractivity contribution in [3.05, 3.63) is 0 Å². The van der Waals surface area contributed by atoms with Crippen LogP contribution in [0.1, 0.15) is 71.1 Å². The first-order valence-corrected chi connectivity index (χ1v) is 7.61. The van der Waals surface area contributed by atoms with E-state index in [9.17, 15) is 14.7 Å². The molecule has 0 unspecified atom stereocenters. The molecular formula is C15H25NO3. The molecule has 2 N–H and O–H groups in total. The van der Waals surface area contributed by atoms with Gasteiger partial charge in [-0.15, -0.1) is 0 Å². The molecule has 0 aliphatic heterocycles. The normalized spacial score (nSPS) is 24.9. The highest BCUT2D eigenvalue weighted by molar-refractivity contribution is 5.90. The lowest BCUT2D eigenvalue weighted by Crippen LogP contribution is -2.58. The maximum atomic E-state index is 12.6. The number of rotatable bonds is 4. The SMILES string of the molecule is CCC1(C(=O)NC2(C(=O)O)CCCCC2)CCCC1. The monoisotopic (exact) mass is 267 g/mol. The molecule has 108 valence electrons. The second-order valence-electron chi connectivity index (χ2n) is 6.24. The number of carbonyl (C=O) groups is 2. The Labute approximate surface area is 115 Å². The lowest BCUT2D eigenvalue weighted by Gasteiger charge is -2.37. The third-order valence-corrected chi connectivity index (χ3v) is 5.19. The van der Waals surface area contributed by atoms with Crippen molar-refractivity contribution in [2.24, 2.45) is 5.41 Å². The van der Waals surface area contributed by atoms with E-state index in [-0.39, 0.29) is 11.3 Å². The van der Waals surface area contributed by atoms with Gasteiger partial charge < -0.3 is 10.4 Å². The first kappa shape index (κ1) is 14.4. The number of amides is 1. The number of carbonyl (C=O) groups excluding carboxylic acids is 1. The standard InChI is InChI=1S/C15H25NO3/c1-2-14(8-6-7-9-14)12(17)16-15(13(18)19)10-4-3-5-11-15/h2-11H2,1H3,(H,16,17)(H,18,19). The molecule has 0 spiro atoms. The van der Waals surface area contributed by atoms with Crippen molar-refractivity contribution in [3.8, 4) is 0 Å². The predicted octanol–water partition coefficient (Wildman–Crippen LogP) is 2.86. The molecule has 0 saturated heterocycles. The van der Waals surface area contributed by atoms with Crippen molar-refractivity contribution < 1.29 is 14.7 Å². The van der Waals surface area contributed by atoms with Crippen LogP contribution < -0.4 is 5.32 Å². The maximum Gasteiger partial charge on any atom is 0.329 e. The van der Waals surface area contributed by atoms with Crippen LogP contribution in [0.15, 0.2) is 0 Å². The van der Waals surface area contributed by atoms with E-state index >= 15 is 0 Å². The van der Waals surface area contributed by atoms with Crippen LogP contribution in [0.5, 0.6) is 0 Å². The van der Waals surface area contributed by atoms with Crippen molar-refractivity contribution >= 4 is 11.9 Å². The van der Waals surface area contributed by atoms with Gasteiger partial charge >= 0.3 is 5.97 Å². The van der Waals surface area contributed by atoms with Gasteiger partial charge in [0.15, 0.2) is 0 Å². The Morgan fingerprint density at radius 3 is 2.00 bits per heavy atom. The van der Waals surface area contributed by atoms with E-state index in [4.69, 9.17) is 0 Å². The molecule has 0 aromatic carbocycles. The van der Waals surface area contributed by atoms with E-state index in [0.29, 0.717) is 12.8 Å². The lowest BCUT2D eigenvalue weighted by molar-refractivity contribution is -0.151. The molecule has 0 aromatic heterocycles. The molecule has 2 rings (SSSR count). The van der Waals surface area contributed by atoms with Crippen molar-refractivity contribution in [2.75, 3.05) is 0 Å². The van der Waals surface area contributed by atoms with Crippen LogP contribution >= 0.6 is 0 Å². The molecule has 19 heavy (non-hydrogen) atoms. The van der Waals surface area contributed by atoms with Crippen molar-refractivity contribution in [1.82, 2.24) is 5.32 Å². The highest BCUT2D eigenvalue weighted by Crippen LogP contribution is 2.42. The zero-order valence-corrected chi connectivity index (χ0v) is 11.8. The highest BCUT2D eigenvalue weighted by atomic mass is 16.4. The van der Waals surface area contributed by atoms with Crippen LogP contribution in [0.2, 0.25) is 0 Å². The van der Waals surface area contributed by atoms with Gasteiger partial charge in [0.2, 0.25) is 5.91 Å². The van der Waals surface area contributed by atoms with Crippen molar-refractivity contribution in [2.45, 2.75) is 76.7 Å². The number of aliphatic carboxylic acids is 1. The summed E-state index contributed by atoms with van der Waals surface area (Å²) >= 11 is 0. The Hall–Kier alpha value is -1.06. The highest BCUT2D eigenvalue weighted by Gasteiger charge is 2.46. The number of carboxylic acid groups (broad SMARTS) is 1. The summed E-state index contributed by atoms with van der Waals surface area (Å²) in [5.41, 5.74) is -1.31. The molecule has 0 bridgehead atoms. The lowest BCUT2D eigenvalue weighted by atomic mass is 9.78. The summed E-state index contributed by atoms with van der Waals surface area (Å²) in [4.78, 5) is 24.2. The number of carboxylic acids is 1. The molecule has 0 atom stereocenters. The van der Waals surface area contributed by atoms with E-state index in [1.165, 1.54) is 0 Å². The Balaban J connectivity index is 2.12. The smallest absolute Gasteiger partial charge is 0.329 e. The van der Waals surface area contributed by atoms with Gasteiger partial charge in [0.25, 0.3) is 0 Å². The van der Waals surface area contributed by atoms with Gasteiger partial charge in [-0.2, -0.15) is 0 Å². The molecule has 4 heteroatoms. The van der Waals surface area contributed by atoms with Crippen LogP contribution in [-0.2, 0) is 9.59 Å². The summed E-state index contributed by atoms with van der Waals surface area (Å²) in [5, 5.41) is 12.4. The summed E-state index contributed by atoms with van der Waals surface area (Å²) in [7, 11) is 0. The Morgan fingerprint density at radius 2 is 1.53 bits per heavy atom. The first-order chi connectivity index (χ1) is 9.05. The third kappa shape index (κ3) is 2.63. The van der Waals surface area contributed by atoms with Gasteiger partial charge in [0.05, 0.1) is 0 Å². The molecule has 2 fully saturated rings. The second kappa shape index (κ2) is 5.51. The van der Waals surface area contributed by atoms with Gasteiger partial charge in [-0.25, -0.2) is 4.79 Å².